The Hall–Kier alpha value is -4.66. The summed E-state index contributed by atoms with van der Waals surface area (Å²) in [5.74, 6) is 0.0636. The Morgan fingerprint density at radius 1 is 1.05 bits per heavy atom. The third kappa shape index (κ3) is 3.83. The highest BCUT2D eigenvalue weighted by Crippen LogP contribution is 2.48. The number of rotatable bonds is 3. The minimum atomic E-state index is -0.363. The van der Waals surface area contributed by atoms with E-state index in [9.17, 15) is 19.7 Å². The molecule has 8 rings (SSSR count). The van der Waals surface area contributed by atoms with Crippen LogP contribution in [0.4, 0.5) is 11.4 Å². The lowest BCUT2D eigenvalue weighted by Crippen LogP contribution is -2.61. The van der Waals surface area contributed by atoms with Crippen molar-refractivity contribution in [3.05, 3.63) is 110 Å². The predicted molar refractivity (Wildman–Crippen MR) is 160 cm³/mol. The average Bonchev–Trinajstić information content (AvgIpc) is 3.45. The third-order valence-electron chi connectivity index (χ3n) is 9.97. The maximum absolute atomic E-state index is 14.4. The predicted octanol–water partition coefficient (Wildman–Crippen LogP) is 4.72. The molecule has 1 fully saturated rings. The van der Waals surface area contributed by atoms with Gasteiger partial charge in [0.25, 0.3) is 11.2 Å². The summed E-state index contributed by atoms with van der Waals surface area (Å²) in [6.45, 7) is 2.44. The van der Waals surface area contributed by atoms with Crippen LogP contribution in [-0.2, 0) is 17.8 Å². The highest BCUT2D eigenvalue weighted by Gasteiger charge is 2.50. The number of carbonyl (C=O) groups is 1. The van der Waals surface area contributed by atoms with Gasteiger partial charge in [0.1, 0.15) is 0 Å². The van der Waals surface area contributed by atoms with E-state index in [4.69, 9.17) is 0 Å². The van der Waals surface area contributed by atoms with E-state index in [2.05, 4.69) is 34.3 Å². The van der Waals surface area contributed by atoms with Gasteiger partial charge in [0, 0.05) is 90.4 Å². The van der Waals surface area contributed by atoms with Crippen LogP contribution < -0.4 is 10.5 Å². The summed E-state index contributed by atoms with van der Waals surface area (Å²) >= 11 is 0. The minimum Gasteiger partial charge on any atom is -0.366 e. The molecule has 1 N–H and O–H groups in total. The fourth-order valence-corrected chi connectivity index (χ4v) is 8.12. The van der Waals surface area contributed by atoms with Gasteiger partial charge in [-0.15, -0.1) is 0 Å². The van der Waals surface area contributed by atoms with Crippen molar-refractivity contribution in [3.63, 3.8) is 0 Å². The van der Waals surface area contributed by atoms with E-state index in [1.165, 1.54) is 16.5 Å². The Kier molecular flexibility index (Phi) is 5.64. The van der Waals surface area contributed by atoms with E-state index < -0.39 is 0 Å². The number of non-ortho nitro benzene ring substituents is 1. The van der Waals surface area contributed by atoms with E-state index in [1.807, 2.05) is 39.8 Å². The number of benzene rings is 2. The van der Waals surface area contributed by atoms with Crippen LogP contribution in [0.5, 0.6) is 0 Å². The van der Waals surface area contributed by atoms with Crippen LogP contribution in [-0.4, -0.2) is 51.0 Å². The number of fused-ring (bicyclic) bond motifs is 9. The molecule has 2 bridgehead atoms. The molecule has 9 nitrogen and oxygen atoms in total. The molecule has 4 aromatic rings. The molecule has 4 aliphatic rings. The summed E-state index contributed by atoms with van der Waals surface area (Å²) < 4.78 is 1.90. The summed E-state index contributed by atoms with van der Waals surface area (Å²) in [5, 5.41) is 12.8. The highest BCUT2D eigenvalue weighted by atomic mass is 16.6. The Morgan fingerprint density at radius 2 is 1.93 bits per heavy atom. The number of hydrogen-bond acceptors (Lipinski definition) is 5. The molecule has 212 valence electrons. The average molecular weight is 562 g/mol. The normalized spacial score (nSPS) is 24.4. The fourth-order valence-electron chi connectivity index (χ4n) is 8.12. The highest BCUT2D eigenvalue weighted by molar-refractivity contribution is 5.93. The maximum Gasteiger partial charge on any atom is 0.269 e. The number of hydrogen-bond donors (Lipinski definition) is 1. The molecule has 1 saturated heterocycles. The summed E-state index contributed by atoms with van der Waals surface area (Å²) in [5.41, 5.74) is 6.48. The number of nitrogens with zero attached hydrogens (tertiary/aromatic N) is 4. The zero-order valence-corrected chi connectivity index (χ0v) is 23.1. The second-order valence-corrected chi connectivity index (χ2v) is 12.1. The van der Waals surface area contributed by atoms with Crippen LogP contribution in [0.1, 0.15) is 35.6 Å². The van der Waals surface area contributed by atoms with Gasteiger partial charge in [-0.3, -0.25) is 19.7 Å². The van der Waals surface area contributed by atoms with E-state index in [0.717, 1.165) is 35.3 Å². The third-order valence-corrected chi connectivity index (χ3v) is 9.97. The van der Waals surface area contributed by atoms with Gasteiger partial charge in [0.05, 0.1) is 10.8 Å². The van der Waals surface area contributed by atoms with Gasteiger partial charge in [-0.05, 0) is 54.5 Å². The van der Waals surface area contributed by atoms with E-state index in [1.54, 1.807) is 18.2 Å². The topological polar surface area (TPSA) is 104 Å². The fraction of sp³-hybridized carbons (Fsp3) is 0.333. The molecule has 9 heteroatoms. The van der Waals surface area contributed by atoms with Gasteiger partial charge in [0.15, 0.2) is 0 Å². The quantitative estimate of drug-likeness (QED) is 0.288. The smallest absolute Gasteiger partial charge is 0.269 e. The molecular formula is C33H31N5O4. The van der Waals surface area contributed by atoms with Crippen LogP contribution in [0.25, 0.3) is 16.5 Å². The zero-order chi connectivity index (χ0) is 28.5. The number of nitro groups is 1. The van der Waals surface area contributed by atoms with Crippen molar-refractivity contribution < 1.29 is 9.72 Å². The first kappa shape index (κ1) is 25.1. The van der Waals surface area contributed by atoms with Crippen molar-refractivity contribution >= 4 is 33.8 Å². The van der Waals surface area contributed by atoms with E-state index >= 15 is 0 Å². The largest absolute Gasteiger partial charge is 0.366 e. The molecule has 42 heavy (non-hydrogen) atoms. The standard InChI is InChI=1S/C33H31N5O4/c39-31-7-3-6-29-22-14-23(19-36(29)31)32-26(16-21-15-24(38(41)42)8-9-30(21)37(32)18-22)33(40)35-12-10-20(11-13-35)27-17-34-28-5-2-1-4-25(27)28/h1-10,15,17,22-23,26,32,34H,11-14,16,18-19H2. The van der Waals surface area contributed by atoms with Crippen LogP contribution in [0.2, 0.25) is 0 Å². The van der Waals surface area contributed by atoms with Crippen LogP contribution in [0.3, 0.4) is 0 Å². The van der Waals surface area contributed by atoms with Crippen molar-refractivity contribution in [3.8, 4) is 0 Å². The molecule has 0 radical (unpaired) electrons. The number of nitrogens with one attached hydrogen (secondary N) is 1. The van der Waals surface area contributed by atoms with Gasteiger partial charge < -0.3 is 19.4 Å². The van der Waals surface area contributed by atoms with Crippen molar-refractivity contribution in [2.24, 2.45) is 11.8 Å². The summed E-state index contributed by atoms with van der Waals surface area (Å²) in [7, 11) is 0. The number of anilines is 1. The summed E-state index contributed by atoms with van der Waals surface area (Å²) in [4.78, 5) is 46.1. The summed E-state index contributed by atoms with van der Waals surface area (Å²) in [6, 6.07) is 18.8. The molecule has 1 amide bonds. The minimum absolute atomic E-state index is 0.0105. The number of aromatic nitrogens is 2. The number of carbonyl (C=O) groups excluding carboxylic acids is 1. The molecule has 0 saturated carbocycles. The van der Waals surface area contributed by atoms with Crippen molar-refractivity contribution in [2.75, 3.05) is 24.5 Å². The first-order valence-electron chi connectivity index (χ1n) is 14.7. The van der Waals surface area contributed by atoms with Gasteiger partial charge in [-0.2, -0.15) is 0 Å². The van der Waals surface area contributed by atoms with Crippen LogP contribution >= 0.6 is 0 Å². The lowest BCUT2D eigenvalue weighted by molar-refractivity contribution is -0.384. The van der Waals surface area contributed by atoms with Gasteiger partial charge in [-0.1, -0.05) is 30.3 Å². The Labute approximate surface area is 242 Å². The first-order valence-corrected chi connectivity index (χ1v) is 14.7. The van der Waals surface area contributed by atoms with Gasteiger partial charge >= 0.3 is 0 Å². The lowest BCUT2D eigenvalue weighted by Gasteiger charge is -2.54. The Morgan fingerprint density at radius 3 is 2.76 bits per heavy atom. The maximum atomic E-state index is 14.4. The number of piperidine rings is 1. The molecule has 0 spiro atoms. The van der Waals surface area contributed by atoms with Crippen LogP contribution in [0, 0.1) is 22.0 Å². The van der Waals surface area contributed by atoms with Crippen molar-refractivity contribution in [1.82, 2.24) is 14.5 Å². The zero-order valence-electron chi connectivity index (χ0n) is 23.1. The van der Waals surface area contributed by atoms with E-state index in [0.29, 0.717) is 32.6 Å². The lowest BCUT2D eigenvalue weighted by atomic mass is 9.69. The molecule has 2 aromatic heterocycles. The van der Waals surface area contributed by atoms with Gasteiger partial charge in [0.2, 0.25) is 5.91 Å². The first-order chi connectivity index (χ1) is 20.5. The number of amides is 1. The molecule has 4 unspecified atom stereocenters. The monoisotopic (exact) mass is 561 g/mol. The molecule has 0 aliphatic carbocycles. The van der Waals surface area contributed by atoms with Crippen LogP contribution in [0.15, 0.2) is 77.7 Å². The Bertz CT molecular complexity index is 1850. The number of aromatic amines is 1. The SMILES string of the molecule is O=C(C1Cc2cc([N+](=O)[O-])ccc2N2CC3CC(Cn4c3cccc4=O)C12)N1CC=C(c2c[nH]c3ccccc23)CC1. The Balaban J connectivity index is 1.14. The number of pyridine rings is 1. The molecule has 2 aromatic carbocycles. The molecule has 4 aliphatic heterocycles. The van der Waals surface area contributed by atoms with Gasteiger partial charge in [-0.25, -0.2) is 0 Å². The number of nitro benzene ring substituents is 1. The number of H-pyrrole nitrogens is 1. The van der Waals surface area contributed by atoms with Crippen molar-refractivity contribution in [1.29, 1.82) is 0 Å². The number of para-hydroxylation sites is 1. The molecular weight excluding hydrogens is 530 g/mol. The summed E-state index contributed by atoms with van der Waals surface area (Å²) in [6.07, 6.45) is 6.39. The van der Waals surface area contributed by atoms with E-state index in [-0.39, 0.29) is 45.9 Å². The van der Waals surface area contributed by atoms with Crippen molar-refractivity contribution in [2.45, 2.75) is 37.8 Å². The second kappa shape index (κ2) is 9.44. The second-order valence-electron chi connectivity index (χ2n) is 12.1. The molecule has 6 heterocycles. The molecule has 4 atom stereocenters.